The molecule has 0 spiro atoms. The van der Waals surface area contributed by atoms with Gasteiger partial charge in [-0.25, -0.2) is 4.31 Å². The van der Waals surface area contributed by atoms with Crippen LogP contribution in [0.2, 0.25) is 0 Å². The van der Waals surface area contributed by atoms with Gasteiger partial charge < -0.3 is 4.90 Å². The van der Waals surface area contributed by atoms with Crippen LogP contribution in [0.25, 0.3) is 0 Å². The van der Waals surface area contributed by atoms with Crippen molar-refractivity contribution in [1.29, 1.82) is 0 Å². The van der Waals surface area contributed by atoms with Crippen LogP contribution in [-0.2, 0) is 6.54 Å². The van der Waals surface area contributed by atoms with Gasteiger partial charge in [-0.2, -0.15) is 0 Å². The third kappa shape index (κ3) is 1.94. The molecule has 0 amide bonds. The molecule has 2 nitrogen and oxygen atoms in total. The Morgan fingerprint density at radius 1 is 1.22 bits per heavy atom. The van der Waals surface area contributed by atoms with Crippen LogP contribution in [-0.4, -0.2) is 34.9 Å². The van der Waals surface area contributed by atoms with Gasteiger partial charge >= 0.3 is 0 Å². The highest BCUT2D eigenvalue weighted by atomic mass is 79.9. The molecule has 0 N–H and O–H groups in total. The molecular formula is C14H17BrN2S. The predicted molar refractivity (Wildman–Crippen MR) is 78.5 cm³/mol. The van der Waals surface area contributed by atoms with Crippen LogP contribution in [0, 0.1) is 5.92 Å². The Bertz CT molecular complexity index is 471. The second-order valence-corrected chi connectivity index (χ2v) is 7.63. The zero-order chi connectivity index (χ0) is 12.1. The fourth-order valence-electron chi connectivity index (χ4n) is 3.52. The van der Waals surface area contributed by atoms with Crippen LogP contribution in [0.4, 0.5) is 0 Å². The number of halogens is 1. The van der Waals surface area contributed by atoms with Gasteiger partial charge in [-0.05, 0) is 61.5 Å². The molecule has 4 aliphatic rings. The van der Waals surface area contributed by atoms with E-state index in [4.69, 9.17) is 0 Å². The minimum atomic E-state index is 0.767. The second-order valence-electron chi connectivity index (χ2n) is 5.62. The normalized spacial score (nSPS) is 34.8. The molecule has 18 heavy (non-hydrogen) atoms. The summed E-state index contributed by atoms with van der Waals surface area (Å²) < 4.78 is 3.83. The first-order valence-corrected chi connectivity index (χ1v) is 8.31. The van der Waals surface area contributed by atoms with E-state index >= 15 is 0 Å². The molecule has 0 radical (unpaired) electrons. The Morgan fingerprint density at radius 2 is 2.06 bits per heavy atom. The fraction of sp³-hybridized carbons (Fsp3) is 0.571. The first kappa shape index (κ1) is 11.8. The zero-order valence-electron chi connectivity index (χ0n) is 10.3. The van der Waals surface area contributed by atoms with Crippen LogP contribution in [0.15, 0.2) is 27.6 Å². The summed E-state index contributed by atoms with van der Waals surface area (Å²) in [6.45, 7) is 5.07. The summed E-state index contributed by atoms with van der Waals surface area (Å²) in [7, 11) is 0. The number of benzene rings is 1. The molecule has 4 heteroatoms. The van der Waals surface area contributed by atoms with Gasteiger partial charge in [0.25, 0.3) is 0 Å². The van der Waals surface area contributed by atoms with Crippen molar-refractivity contribution in [3.63, 3.8) is 0 Å². The van der Waals surface area contributed by atoms with E-state index in [0.717, 1.165) is 18.5 Å². The number of hydrogen-bond donors (Lipinski definition) is 0. The lowest BCUT2D eigenvalue weighted by Gasteiger charge is -2.47. The average Bonchev–Trinajstić information content (AvgIpc) is 2.83. The Kier molecular flexibility index (Phi) is 2.95. The van der Waals surface area contributed by atoms with Crippen LogP contribution >= 0.6 is 27.9 Å². The van der Waals surface area contributed by atoms with Gasteiger partial charge in [-0.1, -0.05) is 22.0 Å². The summed E-state index contributed by atoms with van der Waals surface area (Å²) in [5.41, 5.74) is 1.50. The van der Waals surface area contributed by atoms with E-state index in [9.17, 15) is 0 Å². The number of rotatable bonds is 1. The molecule has 4 aliphatic heterocycles. The van der Waals surface area contributed by atoms with Crippen molar-refractivity contribution >= 4 is 27.9 Å². The summed E-state index contributed by atoms with van der Waals surface area (Å²) >= 11 is 5.55. The van der Waals surface area contributed by atoms with Crippen molar-refractivity contribution in [3.8, 4) is 0 Å². The lowest BCUT2D eigenvalue weighted by molar-refractivity contribution is 0.0420. The highest BCUT2D eigenvalue weighted by Crippen LogP contribution is 2.43. The third-order valence-corrected chi connectivity index (χ3v) is 6.27. The van der Waals surface area contributed by atoms with E-state index in [2.05, 4.69) is 43.3 Å². The standard InChI is InChI=1S/C14H17BrN2S/c15-12-2-1-11-8-17(18-14(11)7-12)13-9-16-5-3-10(13)4-6-16/h1-2,7,10,13H,3-6,8-9H2/t13-/m1/s1. The van der Waals surface area contributed by atoms with Crippen molar-refractivity contribution < 1.29 is 0 Å². The van der Waals surface area contributed by atoms with Gasteiger partial charge in [0.1, 0.15) is 0 Å². The molecule has 1 aromatic carbocycles. The largest absolute Gasteiger partial charge is 0.302 e. The van der Waals surface area contributed by atoms with Gasteiger partial charge in [0.15, 0.2) is 0 Å². The molecule has 0 aliphatic carbocycles. The minimum absolute atomic E-state index is 0.767. The van der Waals surface area contributed by atoms with Crippen molar-refractivity contribution in [1.82, 2.24) is 9.21 Å². The summed E-state index contributed by atoms with van der Waals surface area (Å²) in [5, 5.41) is 0. The molecule has 2 bridgehead atoms. The molecule has 5 rings (SSSR count). The van der Waals surface area contributed by atoms with Crippen molar-refractivity contribution in [2.24, 2.45) is 5.92 Å². The maximum absolute atomic E-state index is 3.57. The van der Waals surface area contributed by atoms with Crippen LogP contribution in [0.5, 0.6) is 0 Å². The summed E-state index contributed by atoms with van der Waals surface area (Å²) in [5.74, 6) is 0.931. The molecule has 1 atom stereocenters. The van der Waals surface area contributed by atoms with Gasteiger partial charge in [0, 0.05) is 28.5 Å². The first-order valence-electron chi connectivity index (χ1n) is 6.75. The lowest BCUT2D eigenvalue weighted by atomic mass is 9.84. The average molecular weight is 325 g/mol. The van der Waals surface area contributed by atoms with Gasteiger partial charge in [-0.3, -0.25) is 0 Å². The molecule has 4 heterocycles. The van der Waals surface area contributed by atoms with E-state index in [-0.39, 0.29) is 0 Å². The number of nitrogens with zero attached hydrogens (tertiary/aromatic N) is 2. The number of fused-ring (bicyclic) bond motifs is 4. The first-order chi connectivity index (χ1) is 8.79. The summed E-state index contributed by atoms with van der Waals surface area (Å²) in [4.78, 5) is 4.09. The molecular weight excluding hydrogens is 308 g/mol. The fourth-order valence-corrected chi connectivity index (χ4v) is 5.29. The molecule has 3 saturated heterocycles. The van der Waals surface area contributed by atoms with Gasteiger partial charge in [0.05, 0.1) is 0 Å². The molecule has 1 aromatic rings. The maximum Gasteiger partial charge on any atom is 0.0366 e. The topological polar surface area (TPSA) is 6.48 Å². The van der Waals surface area contributed by atoms with Crippen LogP contribution in [0.3, 0.4) is 0 Å². The molecule has 0 aromatic heterocycles. The highest BCUT2D eigenvalue weighted by molar-refractivity contribution is 9.10. The predicted octanol–water partition coefficient (Wildman–Crippen LogP) is 3.37. The maximum atomic E-state index is 3.57. The highest BCUT2D eigenvalue weighted by Gasteiger charge is 2.39. The molecule has 0 unspecified atom stereocenters. The SMILES string of the molecule is Brc1ccc2c(c1)SN([C@@H]1CN3CCC1CC3)C2. The molecule has 96 valence electrons. The monoisotopic (exact) mass is 324 g/mol. The molecule has 0 saturated carbocycles. The van der Waals surface area contributed by atoms with E-state index in [1.807, 2.05) is 11.9 Å². The van der Waals surface area contributed by atoms with Crippen molar-refractivity contribution in [2.75, 3.05) is 19.6 Å². The van der Waals surface area contributed by atoms with Crippen LogP contribution in [0.1, 0.15) is 18.4 Å². The van der Waals surface area contributed by atoms with E-state index < -0.39 is 0 Å². The van der Waals surface area contributed by atoms with E-state index in [1.54, 1.807) is 0 Å². The summed E-state index contributed by atoms with van der Waals surface area (Å²) in [6, 6.07) is 7.47. The van der Waals surface area contributed by atoms with E-state index in [1.165, 1.54) is 47.4 Å². The quantitative estimate of drug-likeness (QED) is 0.731. The Morgan fingerprint density at radius 3 is 2.78 bits per heavy atom. The minimum Gasteiger partial charge on any atom is -0.302 e. The lowest BCUT2D eigenvalue weighted by Crippen LogP contribution is -2.54. The molecule has 3 fully saturated rings. The van der Waals surface area contributed by atoms with Gasteiger partial charge in [-0.15, -0.1) is 0 Å². The van der Waals surface area contributed by atoms with E-state index in [0.29, 0.717) is 0 Å². The third-order valence-electron chi connectivity index (χ3n) is 4.56. The van der Waals surface area contributed by atoms with Gasteiger partial charge in [0.2, 0.25) is 0 Å². The Balaban J connectivity index is 1.55. The smallest absolute Gasteiger partial charge is 0.0366 e. The number of piperidine rings is 3. The second kappa shape index (κ2) is 4.51. The summed E-state index contributed by atoms with van der Waals surface area (Å²) in [6.07, 6.45) is 2.81. The van der Waals surface area contributed by atoms with Crippen molar-refractivity contribution in [2.45, 2.75) is 30.3 Å². The Labute approximate surface area is 121 Å². The Hall–Kier alpha value is -0.0300. The van der Waals surface area contributed by atoms with Crippen LogP contribution < -0.4 is 0 Å². The van der Waals surface area contributed by atoms with Crippen molar-refractivity contribution in [3.05, 3.63) is 28.2 Å². The number of hydrogen-bond acceptors (Lipinski definition) is 3. The zero-order valence-corrected chi connectivity index (χ0v) is 12.7.